The lowest BCUT2D eigenvalue weighted by molar-refractivity contribution is -0.132. The van der Waals surface area contributed by atoms with Gasteiger partial charge in [-0.1, -0.05) is 20.8 Å². The molecule has 1 rings (SSSR count). The minimum Gasteiger partial charge on any atom is -0.353 e. The van der Waals surface area contributed by atoms with Gasteiger partial charge in [-0.25, -0.2) is 0 Å². The molecule has 0 aromatic carbocycles. The van der Waals surface area contributed by atoms with E-state index < -0.39 is 0 Å². The summed E-state index contributed by atoms with van der Waals surface area (Å²) in [7, 11) is 0. The number of hydrogen-bond acceptors (Lipinski definition) is 2. The summed E-state index contributed by atoms with van der Waals surface area (Å²) in [6.45, 7) is 10.5. The Morgan fingerprint density at radius 2 is 1.88 bits per heavy atom. The molecule has 1 heterocycles. The lowest BCUT2D eigenvalue weighted by Crippen LogP contribution is -2.48. The first-order valence-corrected chi connectivity index (χ1v) is 6.46. The van der Waals surface area contributed by atoms with Gasteiger partial charge in [0.25, 0.3) is 0 Å². The fourth-order valence-electron chi connectivity index (χ4n) is 2.37. The van der Waals surface area contributed by atoms with E-state index in [1.165, 1.54) is 0 Å². The highest BCUT2D eigenvalue weighted by Gasteiger charge is 2.34. The number of piperidine rings is 1. The summed E-state index contributed by atoms with van der Waals surface area (Å²) in [4.78, 5) is 12.2. The van der Waals surface area contributed by atoms with Crippen molar-refractivity contribution in [1.29, 1.82) is 0 Å². The zero-order valence-corrected chi connectivity index (χ0v) is 11.1. The van der Waals surface area contributed by atoms with Gasteiger partial charge in [-0.05, 0) is 45.2 Å². The molecule has 0 aromatic heterocycles. The van der Waals surface area contributed by atoms with Crippen molar-refractivity contribution in [3.63, 3.8) is 0 Å². The molecule has 1 fully saturated rings. The van der Waals surface area contributed by atoms with E-state index in [-0.39, 0.29) is 11.3 Å². The Balaban J connectivity index is 2.44. The second-order valence-corrected chi connectivity index (χ2v) is 5.81. The molecule has 3 nitrogen and oxygen atoms in total. The molecule has 0 bridgehead atoms. The Labute approximate surface area is 99.4 Å². The summed E-state index contributed by atoms with van der Waals surface area (Å²) in [5, 5.41) is 6.46. The van der Waals surface area contributed by atoms with Crippen molar-refractivity contribution in [2.75, 3.05) is 13.1 Å². The monoisotopic (exact) mass is 226 g/mol. The standard InChI is InChI=1S/C13H26N2O/c1-10(2)9-11(3)15-12(16)13(4)5-7-14-8-6-13/h10-11,14H,5-9H2,1-4H3,(H,15,16). The van der Waals surface area contributed by atoms with Crippen LogP contribution in [0.1, 0.15) is 47.0 Å². The van der Waals surface area contributed by atoms with E-state index in [0.717, 1.165) is 32.4 Å². The van der Waals surface area contributed by atoms with Crippen molar-refractivity contribution in [3.8, 4) is 0 Å². The van der Waals surface area contributed by atoms with Gasteiger partial charge in [0.1, 0.15) is 0 Å². The molecule has 1 unspecified atom stereocenters. The average Bonchev–Trinajstić information content (AvgIpc) is 2.17. The van der Waals surface area contributed by atoms with E-state index in [2.05, 4.69) is 38.3 Å². The van der Waals surface area contributed by atoms with Crippen LogP contribution >= 0.6 is 0 Å². The Bertz CT molecular complexity index is 232. The van der Waals surface area contributed by atoms with E-state index >= 15 is 0 Å². The molecule has 1 aliphatic rings. The van der Waals surface area contributed by atoms with Crippen LogP contribution in [0, 0.1) is 11.3 Å². The van der Waals surface area contributed by atoms with Crippen LogP contribution in [0.4, 0.5) is 0 Å². The van der Waals surface area contributed by atoms with Gasteiger partial charge < -0.3 is 10.6 Å². The van der Waals surface area contributed by atoms with Crippen molar-refractivity contribution in [2.24, 2.45) is 11.3 Å². The Morgan fingerprint density at radius 3 is 2.38 bits per heavy atom. The lowest BCUT2D eigenvalue weighted by atomic mass is 9.80. The SMILES string of the molecule is CC(C)CC(C)NC(=O)C1(C)CCNCC1. The first-order valence-electron chi connectivity index (χ1n) is 6.46. The maximum absolute atomic E-state index is 12.2. The third-order valence-electron chi connectivity index (χ3n) is 3.46. The Kier molecular flexibility index (Phi) is 4.78. The highest BCUT2D eigenvalue weighted by Crippen LogP contribution is 2.28. The van der Waals surface area contributed by atoms with Crippen LogP contribution in [0.2, 0.25) is 0 Å². The molecular weight excluding hydrogens is 200 g/mol. The summed E-state index contributed by atoms with van der Waals surface area (Å²) >= 11 is 0. The first kappa shape index (κ1) is 13.5. The molecule has 16 heavy (non-hydrogen) atoms. The fraction of sp³-hybridized carbons (Fsp3) is 0.923. The Morgan fingerprint density at radius 1 is 1.31 bits per heavy atom. The predicted octanol–water partition coefficient (Wildman–Crippen LogP) is 1.93. The van der Waals surface area contributed by atoms with Crippen LogP contribution in [0.5, 0.6) is 0 Å². The molecule has 0 saturated carbocycles. The second kappa shape index (κ2) is 5.67. The molecular formula is C13H26N2O. The lowest BCUT2D eigenvalue weighted by Gasteiger charge is -2.33. The van der Waals surface area contributed by atoms with Crippen LogP contribution < -0.4 is 10.6 Å². The second-order valence-electron chi connectivity index (χ2n) is 5.81. The molecule has 1 saturated heterocycles. The fourth-order valence-corrected chi connectivity index (χ4v) is 2.37. The van der Waals surface area contributed by atoms with Gasteiger partial charge in [0.05, 0.1) is 0 Å². The van der Waals surface area contributed by atoms with Gasteiger partial charge in [0, 0.05) is 11.5 Å². The number of rotatable bonds is 4. The van der Waals surface area contributed by atoms with E-state index in [1.54, 1.807) is 0 Å². The number of amides is 1. The largest absolute Gasteiger partial charge is 0.353 e. The normalized spacial score (nSPS) is 21.8. The van der Waals surface area contributed by atoms with E-state index in [0.29, 0.717) is 12.0 Å². The molecule has 3 heteroatoms. The summed E-state index contributed by atoms with van der Waals surface area (Å²) in [6.07, 6.45) is 2.96. The number of nitrogens with one attached hydrogen (secondary N) is 2. The number of hydrogen-bond donors (Lipinski definition) is 2. The van der Waals surface area contributed by atoms with E-state index in [1.807, 2.05) is 0 Å². The smallest absolute Gasteiger partial charge is 0.226 e. The van der Waals surface area contributed by atoms with E-state index in [4.69, 9.17) is 0 Å². The van der Waals surface area contributed by atoms with Crippen molar-refractivity contribution >= 4 is 5.91 Å². The molecule has 0 aliphatic carbocycles. The summed E-state index contributed by atoms with van der Waals surface area (Å²) in [6, 6.07) is 0.291. The summed E-state index contributed by atoms with van der Waals surface area (Å²) in [5.41, 5.74) is -0.156. The van der Waals surface area contributed by atoms with Crippen LogP contribution in [0.15, 0.2) is 0 Å². The number of carbonyl (C=O) groups excluding carboxylic acids is 1. The quantitative estimate of drug-likeness (QED) is 0.769. The maximum Gasteiger partial charge on any atom is 0.226 e. The van der Waals surface area contributed by atoms with Crippen LogP contribution in [0.25, 0.3) is 0 Å². The highest BCUT2D eigenvalue weighted by molar-refractivity contribution is 5.82. The maximum atomic E-state index is 12.2. The van der Waals surface area contributed by atoms with Gasteiger partial charge >= 0.3 is 0 Å². The molecule has 1 amide bonds. The minimum absolute atomic E-state index is 0.156. The molecule has 94 valence electrons. The molecule has 1 atom stereocenters. The predicted molar refractivity (Wildman–Crippen MR) is 67.3 cm³/mol. The van der Waals surface area contributed by atoms with Crippen LogP contribution in [0.3, 0.4) is 0 Å². The first-order chi connectivity index (χ1) is 7.44. The van der Waals surface area contributed by atoms with Crippen molar-refractivity contribution < 1.29 is 4.79 Å². The molecule has 0 aromatic rings. The number of carbonyl (C=O) groups is 1. The molecule has 0 radical (unpaired) electrons. The van der Waals surface area contributed by atoms with Gasteiger partial charge in [-0.2, -0.15) is 0 Å². The minimum atomic E-state index is -0.156. The molecule has 1 aliphatic heterocycles. The van der Waals surface area contributed by atoms with Gasteiger partial charge in [0.2, 0.25) is 5.91 Å². The third-order valence-corrected chi connectivity index (χ3v) is 3.46. The molecule has 0 spiro atoms. The summed E-state index contributed by atoms with van der Waals surface area (Å²) < 4.78 is 0. The van der Waals surface area contributed by atoms with Crippen LogP contribution in [-0.2, 0) is 4.79 Å². The van der Waals surface area contributed by atoms with Gasteiger partial charge in [-0.3, -0.25) is 4.79 Å². The van der Waals surface area contributed by atoms with E-state index in [9.17, 15) is 4.79 Å². The topological polar surface area (TPSA) is 41.1 Å². The van der Waals surface area contributed by atoms with Crippen LogP contribution in [-0.4, -0.2) is 25.0 Å². The average molecular weight is 226 g/mol. The van der Waals surface area contributed by atoms with Gasteiger partial charge in [0.15, 0.2) is 0 Å². The van der Waals surface area contributed by atoms with Crippen molar-refractivity contribution in [2.45, 2.75) is 53.0 Å². The van der Waals surface area contributed by atoms with Gasteiger partial charge in [-0.15, -0.1) is 0 Å². The van der Waals surface area contributed by atoms with Crippen molar-refractivity contribution in [1.82, 2.24) is 10.6 Å². The molecule has 2 N–H and O–H groups in total. The third kappa shape index (κ3) is 3.78. The van der Waals surface area contributed by atoms with Crippen molar-refractivity contribution in [3.05, 3.63) is 0 Å². The Hall–Kier alpha value is -0.570. The highest BCUT2D eigenvalue weighted by atomic mass is 16.2. The zero-order chi connectivity index (χ0) is 12.2. The zero-order valence-electron chi connectivity index (χ0n) is 11.1. The summed E-state index contributed by atoms with van der Waals surface area (Å²) in [5.74, 6) is 0.873.